The molecule has 0 amide bonds. The van der Waals surface area contributed by atoms with Crippen molar-refractivity contribution in [3.05, 3.63) is 0 Å². The first-order chi connectivity index (χ1) is 6.59. The lowest BCUT2D eigenvalue weighted by Gasteiger charge is -2.36. The molecule has 1 aliphatic carbocycles. The van der Waals surface area contributed by atoms with Crippen LogP contribution in [0.5, 0.6) is 0 Å². The summed E-state index contributed by atoms with van der Waals surface area (Å²) in [6, 6.07) is 1.44. The summed E-state index contributed by atoms with van der Waals surface area (Å²) in [6.07, 6.45) is 7.13. The summed E-state index contributed by atoms with van der Waals surface area (Å²) in [7, 11) is 0. The average Bonchev–Trinajstić information content (AvgIpc) is 1.95. The van der Waals surface area contributed by atoms with Crippen LogP contribution in [-0.4, -0.2) is 12.1 Å². The van der Waals surface area contributed by atoms with Gasteiger partial charge in [0.05, 0.1) is 0 Å². The fourth-order valence-corrected chi connectivity index (χ4v) is 2.24. The molecule has 0 aromatic rings. The van der Waals surface area contributed by atoms with Crippen molar-refractivity contribution < 1.29 is 0 Å². The number of nitrogens with one attached hydrogen (secondary N) is 1. The molecule has 14 heavy (non-hydrogen) atoms. The highest BCUT2D eigenvalue weighted by Gasteiger charge is 2.27. The Morgan fingerprint density at radius 2 is 1.71 bits per heavy atom. The van der Waals surface area contributed by atoms with Crippen LogP contribution < -0.4 is 5.32 Å². The van der Waals surface area contributed by atoms with Crippen LogP contribution in [0.4, 0.5) is 0 Å². The van der Waals surface area contributed by atoms with Gasteiger partial charge >= 0.3 is 0 Å². The van der Waals surface area contributed by atoms with Gasteiger partial charge in [-0.05, 0) is 37.5 Å². The molecular weight excluding hydrogens is 170 g/mol. The van der Waals surface area contributed by atoms with Gasteiger partial charge in [-0.25, -0.2) is 0 Å². The Kier molecular flexibility index (Phi) is 4.94. The van der Waals surface area contributed by atoms with E-state index < -0.39 is 0 Å². The summed E-state index contributed by atoms with van der Waals surface area (Å²) in [6.45, 7) is 9.18. The van der Waals surface area contributed by atoms with Crippen LogP contribution >= 0.6 is 0 Å². The fourth-order valence-electron chi connectivity index (χ4n) is 2.24. The molecule has 0 saturated heterocycles. The van der Waals surface area contributed by atoms with Crippen molar-refractivity contribution >= 4 is 0 Å². The highest BCUT2D eigenvalue weighted by atomic mass is 14.9. The molecule has 1 atom stereocenters. The molecule has 1 saturated carbocycles. The van der Waals surface area contributed by atoms with Crippen LogP contribution in [0.1, 0.15) is 59.8 Å². The molecule has 0 radical (unpaired) electrons. The highest BCUT2D eigenvalue weighted by Crippen LogP contribution is 2.32. The second-order valence-electron chi connectivity index (χ2n) is 5.59. The Morgan fingerprint density at radius 1 is 1.07 bits per heavy atom. The Hall–Kier alpha value is -0.0400. The van der Waals surface area contributed by atoms with Gasteiger partial charge in [-0.2, -0.15) is 0 Å². The third kappa shape index (κ3) is 4.00. The predicted molar refractivity (Wildman–Crippen MR) is 63.5 cm³/mol. The van der Waals surface area contributed by atoms with Gasteiger partial charge in [0.2, 0.25) is 0 Å². The summed E-state index contributed by atoms with van der Waals surface area (Å²) in [5.74, 6) is 1.84. The fraction of sp³-hybridized carbons (Fsp3) is 1.00. The Morgan fingerprint density at radius 3 is 2.07 bits per heavy atom. The molecule has 1 unspecified atom stereocenters. The lowest BCUT2D eigenvalue weighted by molar-refractivity contribution is 0.203. The molecule has 1 N–H and O–H groups in total. The maximum absolute atomic E-state index is 3.74. The summed E-state index contributed by atoms with van der Waals surface area (Å²) >= 11 is 0. The second kappa shape index (κ2) is 5.75. The van der Waals surface area contributed by atoms with E-state index in [1.807, 2.05) is 0 Å². The molecule has 1 aliphatic rings. The Balaban J connectivity index is 2.28. The van der Waals surface area contributed by atoms with Crippen LogP contribution in [-0.2, 0) is 0 Å². The van der Waals surface area contributed by atoms with E-state index in [2.05, 4.69) is 33.0 Å². The van der Waals surface area contributed by atoms with Gasteiger partial charge in [-0.3, -0.25) is 0 Å². The molecule has 1 rings (SSSR count). The van der Waals surface area contributed by atoms with Crippen LogP contribution in [0.3, 0.4) is 0 Å². The minimum atomic E-state index is 0.646. The van der Waals surface area contributed by atoms with E-state index in [1.165, 1.54) is 32.1 Å². The van der Waals surface area contributed by atoms with Gasteiger partial charge < -0.3 is 5.32 Å². The minimum absolute atomic E-state index is 0.646. The minimum Gasteiger partial charge on any atom is -0.312 e. The maximum Gasteiger partial charge on any atom is 0.00977 e. The van der Waals surface area contributed by atoms with Gasteiger partial charge in [-0.1, -0.05) is 34.1 Å². The molecule has 0 spiro atoms. The van der Waals surface area contributed by atoms with Gasteiger partial charge in [0.25, 0.3) is 0 Å². The Labute approximate surface area is 89.7 Å². The SMILES string of the molecule is CC(C)CCC(NC(C)C)C1CCC1. The third-order valence-electron chi connectivity index (χ3n) is 3.32. The van der Waals surface area contributed by atoms with E-state index in [-0.39, 0.29) is 0 Å². The number of rotatable bonds is 6. The van der Waals surface area contributed by atoms with Gasteiger partial charge in [0.1, 0.15) is 0 Å². The van der Waals surface area contributed by atoms with Crippen molar-refractivity contribution in [2.24, 2.45) is 11.8 Å². The molecule has 84 valence electrons. The highest BCUT2D eigenvalue weighted by molar-refractivity contribution is 4.83. The van der Waals surface area contributed by atoms with Crippen molar-refractivity contribution in [2.75, 3.05) is 0 Å². The van der Waals surface area contributed by atoms with E-state index in [9.17, 15) is 0 Å². The monoisotopic (exact) mass is 197 g/mol. The van der Waals surface area contributed by atoms with E-state index >= 15 is 0 Å². The Bertz CT molecular complexity index is 147. The normalized spacial score (nSPS) is 20.1. The molecule has 0 aromatic heterocycles. The van der Waals surface area contributed by atoms with Crippen LogP contribution in [0.2, 0.25) is 0 Å². The lowest BCUT2D eigenvalue weighted by atomic mass is 9.77. The average molecular weight is 197 g/mol. The van der Waals surface area contributed by atoms with Crippen molar-refractivity contribution in [1.82, 2.24) is 5.32 Å². The predicted octanol–water partition coefficient (Wildman–Crippen LogP) is 3.59. The molecular formula is C13H27N. The van der Waals surface area contributed by atoms with Crippen molar-refractivity contribution in [3.63, 3.8) is 0 Å². The van der Waals surface area contributed by atoms with E-state index in [0.717, 1.165) is 17.9 Å². The first kappa shape index (κ1) is 12.0. The summed E-state index contributed by atoms with van der Waals surface area (Å²) < 4.78 is 0. The number of hydrogen-bond donors (Lipinski definition) is 1. The van der Waals surface area contributed by atoms with Gasteiger partial charge in [-0.15, -0.1) is 0 Å². The first-order valence-electron chi connectivity index (χ1n) is 6.35. The van der Waals surface area contributed by atoms with Crippen molar-refractivity contribution in [2.45, 2.75) is 71.9 Å². The van der Waals surface area contributed by atoms with Crippen molar-refractivity contribution in [3.8, 4) is 0 Å². The smallest absolute Gasteiger partial charge is 0.00977 e. The standard InChI is InChI=1S/C13H27N/c1-10(2)8-9-13(14-11(3)4)12-6-5-7-12/h10-14H,5-9H2,1-4H3. The zero-order chi connectivity index (χ0) is 10.6. The summed E-state index contributed by atoms with van der Waals surface area (Å²) in [5, 5.41) is 3.74. The quantitative estimate of drug-likeness (QED) is 0.686. The first-order valence-corrected chi connectivity index (χ1v) is 6.35. The zero-order valence-corrected chi connectivity index (χ0v) is 10.3. The molecule has 0 bridgehead atoms. The molecule has 0 aliphatic heterocycles. The molecule has 1 nitrogen and oxygen atoms in total. The van der Waals surface area contributed by atoms with Crippen LogP contribution in [0, 0.1) is 11.8 Å². The largest absolute Gasteiger partial charge is 0.312 e. The molecule has 0 aromatic carbocycles. The maximum atomic E-state index is 3.74. The molecule has 0 heterocycles. The third-order valence-corrected chi connectivity index (χ3v) is 3.32. The zero-order valence-electron chi connectivity index (χ0n) is 10.3. The molecule has 1 fully saturated rings. The van der Waals surface area contributed by atoms with Crippen LogP contribution in [0.15, 0.2) is 0 Å². The van der Waals surface area contributed by atoms with Gasteiger partial charge in [0.15, 0.2) is 0 Å². The summed E-state index contributed by atoms with van der Waals surface area (Å²) in [5.41, 5.74) is 0. The molecule has 1 heteroatoms. The number of hydrogen-bond acceptors (Lipinski definition) is 1. The lowest BCUT2D eigenvalue weighted by Crippen LogP contribution is -2.43. The van der Waals surface area contributed by atoms with E-state index in [0.29, 0.717) is 6.04 Å². The second-order valence-corrected chi connectivity index (χ2v) is 5.59. The van der Waals surface area contributed by atoms with Gasteiger partial charge in [0, 0.05) is 12.1 Å². The van der Waals surface area contributed by atoms with E-state index in [4.69, 9.17) is 0 Å². The van der Waals surface area contributed by atoms with Crippen molar-refractivity contribution in [1.29, 1.82) is 0 Å². The summed E-state index contributed by atoms with van der Waals surface area (Å²) in [4.78, 5) is 0. The van der Waals surface area contributed by atoms with E-state index in [1.54, 1.807) is 0 Å². The van der Waals surface area contributed by atoms with Crippen LogP contribution in [0.25, 0.3) is 0 Å². The topological polar surface area (TPSA) is 12.0 Å².